The maximum Gasteiger partial charge on any atom is 0.143 e. The maximum atomic E-state index is 5.44. The summed E-state index contributed by atoms with van der Waals surface area (Å²) in [6, 6.07) is 0. The van der Waals surface area contributed by atoms with Gasteiger partial charge in [0.15, 0.2) is 0 Å². The molecule has 124 valence electrons. The Morgan fingerprint density at radius 2 is 1.96 bits per heavy atom. The largest absolute Gasteiger partial charge is 0.379 e. The molecule has 2 fully saturated rings. The summed E-state index contributed by atoms with van der Waals surface area (Å²) in [6.07, 6.45) is 6.18. The van der Waals surface area contributed by atoms with Crippen molar-refractivity contribution in [1.82, 2.24) is 19.9 Å². The lowest BCUT2D eigenvalue weighted by molar-refractivity contribution is 0.0289. The monoisotopic (exact) mass is 315 g/mol. The molecule has 6 nitrogen and oxygen atoms in total. The van der Waals surface area contributed by atoms with Gasteiger partial charge in [-0.25, -0.2) is 9.97 Å². The van der Waals surface area contributed by atoms with Crippen LogP contribution >= 0.6 is 0 Å². The van der Waals surface area contributed by atoms with E-state index in [9.17, 15) is 0 Å². The van der Waals surface area contributed by atoms with Gasteiger partial charge in [0.1, 0.15) is 17.8 Å². The van der Waals surface area contributed by atoms with Crippen LogP contribution in [0.5, 0.6) is 0 Å². The summed E-state index contributed by atoms with van der Waals surface area (Å²) in [6.45, 7) is 9.49. The van der Waals surface area contributed by atoms with Crippen molar-refractivity contribution in [3.05, 3.63) is 18.1 Å². The van der Waals surface area contributed by atoms with Gasteiger partial charge in [-0.05, 0) is 31.2 Å². The molecular weight excluding hydrogens is 290 g/mol. The minimum atomic E-state index is 0.800. The molecular formula is C17H25N5O. The molecule has 0 aliphatic carbocycles. The minimum absolute atomic E-state index is 0.800. The molecule has 2 aliphatic rings. The number of H-pyrrole nitrogens is 1. The fourth-order valence-electron chi connectivity index (χ4n) is 3.81. The van der Waals surface area contributed by atoms with Gasteiger partial charge in [0.25, 0.3) is 0 Å². The van der Waals surface area contributed by atoms with Crippen LogP contribution in [0.3, 0.4) is 0 Å². The van der Waals surface area contributed by atoms with Gasteiger partial charge in [0.05, 0.1) is 18.6 Å². The van der Waals surface area contributed by atoms with Crippen LogP contribution in [0.15, 0.2) is 12.5 Å². The van der Waals surface area contributed by atoms with Crippen molar-refractivity contribution < 1.29 is 4.74 Å². The van der Waals surface area contributed by atoms with E-state index in [0.29, 0.717) is 0 Å². The molecule has 0 aromatic carbocycles. The molecule has 0 spiro atoms. The zero-order valence-electron chi connectivity index (χ0n) is 13.8. The van der Waals surface area contributed by atoms with E-state index in [2.05, 4.69) is 31.7 Å². The second-order valence-corrected chi connectivity index (χ2v) is 6.74. The van der Waals surface area contributed by atoms with E-state index in [1.807, 2.05) is 6.20 Å². The number of anilines is 1. The second kappa shape index (κ2) is 6.45. The summed E-state index contributed by atoms with van der Waals surface area (Å²) >= 11 is 0. The van der Waals surface area contributed by atoms with Gasteiger partial charge in [-0.1, -0.05) is 0 Å². The summed E-state index contributed by atoms with van der Waals surface area (Å²) in [4.78, 5) is 17.1. The summed E-state index contributed by atoms with van der Waals surface area (Å²) in [5.74, 6) is 1.90. The average Bonchev–Trinajstić information content (AvgIpc) is 2.98. The smallest absolute Gasteiger partial charge is 0.143 e. The number of aromatic amines is 1. The number of fused-ring (bicyclic) bond motifs is 1. The first-order valence-corrected chi connectivity index (χ1v) is 8.65. The third kappa shape index (κ3) is 3.05. The van der Waals surface area contributed by atoms with E-state index in [0.717, 1.165) is 56.8 Å². The Kier molecular flexibility index (Phi) is 4.18. The highest BCUT2D eigenvalue weighted by molar-refractivity contribution is 5.90. The topological polar surface area (TPSA) is 57.3 Å². The Morgan fingerprint density at radius 1 is 1.17 bits per heavy atom. The number of ether oxygens (including phenoxy) is 1. The van der Waals surface area contributed by atoms with Gasteiger partial charge in [-0.2, -0.15) is 0 Å². The molecule has 1 N–H and O–H groups in total. The molecule has 2 aromatic rings. The predicted octanol–water partition coefficient (Wildman–Crippen LogP) is 1.81. The van der Waals surface area contributed by atoms with Crippen molar-refractivity contribution >= 4 is 16.9 Å². The lowest BCUT2D eigenvalue weighted by atomic mass is 9.96. The molecule has 0 bridgehead atoms. The van der Waals surface area contributed by atoms with Gasteiger partial charge in [-0.3, -0.25) is 4.90 Å². The van der Waals surface area contributed by atoms with Crippen LogP contribution in [-0.4, -0.2) is 65.8 Å². The molecule has 6 heteroatoms. The van der Waals surface area contributed by atoms with Crippen LogP contribution in [0.1, 0.15) is 18.4 Å². The number of nitrogens with one attached hydrogen (secondary N) is 1. The van der Waals surface area contributed by atoms with Gasteiger partial charge >= 0.3 is 0 Å². The fourth-order valence-corrected chi connectivity index (χ4v) is 3.81. The molecule has 0 saturated carbocycles. The zero-order chi connectivity index (χ0) is 15.6. The standard InChI is InChI=1S/C17H25N5O/c1-13-10-18-16-15(13)17(20-12-19-16)22-4-2-14(3-5-22)11-21-6-8-23-9-7-21/h10,12,14H,2-9,11H2,1H3,(H,18,19,20). The van der Waals surface area contributed by atoms with Crippen LogP contribution in [0.2, 0.25) is 0 Å². The molecule has 4 heterocycles. The Bertz CT molecular complexity index is 656. The van der Waals surface area contributed by atoms with Crippen molar-refractivity contribution in [2.24, 2.45) is 5.92 Å². The van der Waals surface area contributed by atoms with Crippen molar-refractivity contribution in [1.29, 1.82) is 0 Å². The van der Waals surface area contributed by atoms with Crippen molar-refractivity contribution in [2.45, 2.75) is 19.8 Å². The first-order chi connectivity index (χ1) is 11.3. The van der Waals surface area contributed by atoms with E-state index in [-0.39, 0.29) is 0 Å². The Morgan fingerprint density at radius 3 is 2.74 bits per heavy atom. The van der Waals surface area contributed by atoms with Crippen molar-refractivity contribution in [2.75, 3.05) is 50.8 Å². The number of aryl methyl sites for hydroxylation is 1. The molecule has 2 aliphatic heterocycles. The van der Waals surface area contributed by atoms with Crippen LogP contribution < -0.4 is 4.90 Å². The first kappa shape index (κ1) is 14.9. The molecule has 0 radical (unpaired) electrons. The highest BCUT2D eigenvalue weighted by Crippen LogP contribution is 2.29. The molecule has 2 saturated heterocycles. The molecule has 4 rings (SSSR count). The van der Waals surface area contributed by atoms with E-state index >= 15 is 0 Å². The van der Waals surface area contributed by atoms with Crippen LogP contribution in [0.4, 0.5) is 5.82 Å². The summed E-state index contributed by atoms with van der Waals surface area (Å²) in [5.41, 5.74) is 2.17. The fraction of sp³-hybridized carbons (Fsp3) is 0.647. The lowest BCUT2D eigenvalue weighted by Crippen LogP contribution is -2.43. The van der Waals surface area contributed by atoms with E-state index in [1.165, 1.54) is 30.3 Å². The van der Waals surface area contributed by atoms with Gasteiger partial charge in [0.2, 0.25) is 0 Å². The van der Waals surface area contributed by atoms with Gasteiger partial charge in [0, 0.05) is 38.9 Å². The number of aromatic nitrogens is 3. The Labute approximate surface area is 136 Å². The van der Waals surface area contributed by atoms with Crippen LogP contribution in [0, 0.1) is 12.8 Å². The Hall–Kier alpha value is -1.66. The third-order valence-corrected chi connectivity index (χ3v) is 5.18. The summed E-state index contributed by atoms with van der Waals surface area (Å²) < 4.78 is 5.44. The highest BCUT2D eigenvalue weighted by atomic mass is 16.5. The average molecular weight is 315 g/mol. The first-order valence-electron chi connectivity index (χ1n) is 8.65. The quantitative estimate of drug-likeness (QED) is 0.936. The van der Waals surface area contributed by atoms with E-state index in [1.54, 1.807) is 6.33 Å². The zero-order valence-corrected chi connectivity index (χ0v) is 13.8. The van der Waals surface area contributed by atoms with Crippen LogP contribution in [0.25, 0.3) is 11.0 Å². The maximum absolute atomic E-state index is 5.44. The highest BCUT2D eigenvalue weighted by Gasteiger charge is 2.24. The minimum Gasteiger partial charge on any atom is -0.379 e. The SMILES string of the molecule is Cc1c[nH]c2ncnc(N3CCC(CN4CCOCC4)CC3)c12. The number of piperidine rings is 1. The van der Waals surface area contributed by atoms with Gasteiger partial charge in [-0.15, -0.1) is 0 Å². The lowest BCUT2D eigenvalue weighted by Gasteiger charge is -2.36. The number of hydrogen-bond acceptors (Lipinski definition) is 5. The molecule has 2 aromatic heterocycles. The molecule has 0 unspecified atom stereocenters. The number of rotatable bonds is 3. The van der Waals surface area contributed by atoms with Crippen molar-refractivity contribution in [3.8, 4) is 0 Å². The Balaban J connectivity index is 1.41. The second-order valence-electron chi connectivity index (χ2n) is 6.74. The summed E-state index contributed by atoms with van der Waals surface area (Å²) in [7, 11) is 0. The third-order valence-electron chi connectivity index (χ3n) is 5.18. The van der Waals surface area contributed by atoms with E-state index < -0.39 is 0 Å². The van der Waals surface area contributed by atoms with Crippen molar-refractivity contribution in [3.63, 3.8) is 0 Å². The number of nitrogens with zero attached hydrogens (tertiary/aromatic N) is 4. The molecule has 0 amide bonds. The van der Waals surface area contributed by atoms with Gasteiger partial charge < -0.3 is 14.6 Å². The molecule has 23 heavy (non-hydrogen) atoms. The molecule has 0 atom stereocenters. The van der Waals surface area contributed by atoms with Crippen LogP contribution in [-0.2, 0) is 4.74 Å². The normalized spacial score (nSPS) is 21.2. The van der Waals surface area contributed by atoms with E-state index in [4.69, 9.17) is 4.74 Å². The number of morpholine rings is 1. The summed E-state index contributed by atoms with van der Waals surface area (Å²) in [5, 5.41) is 1.18. The predicted molar refractivity (Wildman–Crippen MR) is 90.8 cm³/mol. The number of hydrogen-bond donors (Lipinski definition) is 1.